The molecule has 0 aromatic heterocycles. The van der Waals surface area contributed by atoms with Gasteiger partial charge in [0.05, 0.1) is 6.04 Å². The number of rotatable bonds is 2. The fourth-order valence-corrected chi connectivity index (χ4v) is 4.33. The largest absolute Gasteiger partial charge is 0.359 e. The Morgan fingerprint density at radius 1 is 1.29 bits per heavy atom. The van der Waals surface area contributed by atoms with Gasteiger partial charge in [-0.25, -0.2) is 0 Å². The van der Waals surface area contributed by atoms with Crippen LogP contribution in [0.2, 0.25) is 0 Å². The van der Waals surface area contributed by atoms with Crippen molar-refractivity contribution in [2.24, 2.45) is 16.8 Å². The van der Waals surface area contributed by atoms with Gasteiger partial charge in [-0.15, -0.1) is 0 Å². The average molecular weight is 252 g/mol. The highest BCUT2D eigenvalue weighted by Crippen LogP contribution is 2.39. The molecule has 17 heavy (non-hydrogen) atoms. The van der Waals surface area contributed by atoms with Crippen molar-refractivity contribution in [3.63, 3.8) is 0 Å². The van der Waals surface area contributed by atoms with Gasteiger partial charge in [-0.2, -0.15) is 0 Å². The molecular formula is C14H24N2S. The molecule has 0 aromatic carbocycles. The van der Waals surface area contributed by atoms with Crippen LogP contribution in [0.1, 0.15) is 52.4 Å². The molecule has 2 nitrogen and oxygen atoms in total. The number of nitrogens with zero attached hydrogens (tertiary/aromatic N) is 1. The highest BCUT2D eigenvalue weighted by molar-refractivity contribution is 8.14. The molecule has 3 heteroatoms. The number of nitrogens with one attached hydrogen (secondary N) is 1. The third-order valence-electron chi connectivity index (χ3n) is 4.71. The molecule has 0 bridgehead atoms. The van der Waals surface area contributed by atoms with Crippen LogP contribution >= 0.6 is 11.8 Å². The minimum Gasteiger partial charge on any atom is -0.359 e. The van der Waals surface area contributed by atoms with E-state index in [-0.39, 0.29) is 0 Å². The lowest BCUT2D eigenvalue weighted by Gasteiger charge is -2.35. The fourth-order valence-electron chi connectivity index (χ4n) is 3.03. The van der Waals surface area contributed by atoms with Crippen LogP contribution in [0.15, 0.2) is 4.99 Å². The molecule has 1 unspecified atom stereocenters. The van der Waals surface area contributed by atoms with Gasteiger partial charge in [-0.1, -0.05) is 18.7 Å². The summed E-state index contributed by atoms with van der Waals surface area (Å²) < 4.78 is 0. The van der Waals surface area contributed by atoms with Crippen LogP contribution in [0.4, 0.5) is 0 Å². The first-order valence-electron chi connectivity index (χ1n) is 7.16. The van der Waals surface area contributed by atoms with Crippen LogP contribution in [-0.4, -0.2) is 22.5 Å². The maximum absolute atomic E-state index is 4.88. The Morgan fingerprint density at radius 2 is 2.00 bits per heavy atom. The second-order valence-electron chi connectivity index (χ2n) is 6.39. The van der Waals surface area contributed by atoms with E-state index in [1.165, 1.54) is 49.4 Å². The third-order valence-corrected chi connectivity index (χ3v) is 5.89. The highest BCUT2D eigenvalue weighted by atomic mass is 32.2. The summed E-state index contributed by atoms with van der Waals surface area (Å²) in [7, 11) is 0. The van der Waals surface area contributed by atoms with Gasteiger partial charge < -0.3 is 5.32 Å². The summed E-state index contributed by atoms with van der Waals surface area (Å²) in [4.78, 5) is 4.88. The first-order chi connectivity index (χ1) is 8.17. The van der Waals surface area contributed by atoms with E-state index in [0.717, 1.165) is 11.8 Å². The average Bonchev–Trinajstić information content (AvgIpc) is 3.09. The Morgan fingerprint density at radius 3 is 2.65 bits per heavy atom. The van der Waals surface area contributed by atoms with E-state index in [0.29, 0.717) is 11.6 Å². The predicted molar refractivity (Wildman–Crippen MR) is 75.6 cm³/mol. The molecule has 0 radical (unpaired) electrons. The maximum Gasteiger partial charge on any atom is 0.157 e. The molecule has 1 spiro atoms. The van der Waals surface area contributed by atoms with E-state index in [9.17, 15) is 0 Å². The molecule has 2 aliphatic carbocycles. The predicted octanol–water partition coefficient (Wildman–Crippen LogP) is 3.43. The summed E-state index contributed by atoms with van der Waals surface area (Å²) in [5.41, 5.74) is 0.402. The lowest BCUT2D eigenvalue weighted by Crippen LogP contribution is -2.46. The Balaban J connectivity index is 1.60. The number of hydrogen-bond donors (Lipinski definition) is 1. The minimum atomic E-state index is 0.402. The topological polar surface area (TPSA) is 24.4 Å². The molecule has 0 aromatic rings. The monoisotopic (exact) mass is 252 g/mol. The zero-order chi connectivity index (χ0) is 11.9. The Labute approximate surface area is 109 Å². The van der Waals surface area contributed by atoms with Crippen molar-refractivity contribution >= 4 is 16.9 Å². The fraction of sp³-hybridized carbons (Fsp3) is 0.929. The number of thioether (sulfide) groups is 1. The molecule has 1 saturated heterocycles. The van der Waals surface area contributed by atoms with Crippen LogP contribution < -0.4 is 5.32 Å². The molecule has 96 valence electrons. The van der Waals surface area contributed by atoms with Crippen molar-refractivity contribution in [1.29, 1.82) is 0 Å². The van der Waals surface area contributed by atoms with Gasteiger partial charge in [-0.3, -0.25) is 4.99 Å². The first kappa shape index (κ1) is 11.9. The molecule has 1 N–H and O–H groups in total. The van der Waals surface area contributed by atoms with Crippen LogP contribution in [0.5, 0.6) is 0 Å². The van der Waals surface area contributed by atoms with Gasteiger partial charge in [0.25, 0.3) is 0 Å². The van der Waals surface area contributed by atoms with Crippen molar-refractivity contribution in [3.05, 3.63) is 0 Å². The second kappa shape index (κ2) is 4.49. The van der Waals surface area contributed by atoms with E-state index in [1.54, 1.807) is 0 Å². The summed E-state index contributed by atoms with van der Waals surface area (Å²) in [6.07, 6.45) is 8.25. The van der Waals surface area contributed by atoms with Crippen molar-refractivity contribution in [3.8, 4) is 0 Å². The summed E-state index contributed by atoms with van der Waals surface area (Å²) in [6, 6.07) is 0.544. The van der Waals surface area contributed by atoms with Crippen LogP contribution in [0.3, 0.4) is 0 Å². The molecule has 1 atom stereocenters. The van der Waals surface area contributed by atoms with Crippen LogP contribution in [0.25, 0.3) is 0 Å². The highest BCUT2D eigenvalue weighted by Gasteiger charge is 2.40. The van der Waals surface area contributed by atoms with Gasteiger partial charge in [0.15, 0.2) is 5.17 Å². The lowest BCUT2D eigenvalue weighted by molar-refractivity contribution is 0.250. The summed E-state index contributed by atoms with van der Waals surface area (Å²) >= 11 is 1.96. The quantitative estimate of drug-likeness (QED) is 0.814. The van der Waals surface area contributed by atoms with E-state index in [1.807, 2.05) is 11.8 Å². The number of aliphatic imine (C=N–C) groups is 1. The van der Waals surface area contributed by atoms with Crippen molar-refractivity contribution in [2.45, 2.75) is 64.0 Å². The molecule has 2 saturated carbocycles. The van der Waals surface area contributed by atoms with E-state index >= 15 is 0 Å². The normalized spacial score (nSPS) is 41.8. The summed E-state index contributed by atoms with van der Waals surface area (Å²) in [5.74, 6) is 3.06. The molecule has 3 fully saturated rings. The summed E-state index contributed by atoms with van der Waals surface area (Å²) in [5, 5.41) is 4.99. The Kier molecular flexibility index (Phi) is 3.14. The minimum absolute atomic E-state index is 0.402. The van der Waals surface area contributed by atoms with Gasteiger partial charge in [0.2, 0.25) is 0 Å². The smallest absolute Gasteiger partial charge is 0.157 e. The van der Waals surface area contributed by atoms with Crippen LogP contribution in [0, 0.1) is 11.8 Å². The van der Waals surface area contributed by atoms with E-state index < -0.39 is 0 Å². The molecule has 1 aliphatic heterocycles. The third kappa shape index (κ3) is 2.64. The first-order valence-corrected chi connectivity index (χ1v) is 8.14. The Hall–Kier alpha value is -0.180. The standard InChI is InChI=1S/C14H24N2S/c1-10-5-7-14(8-6-10)9-17-13(16-14)15-11(2)12-3-4-12/h10-12H,3-9H2,1-2H3,(H,15,16). The van der Waals surface area contributed by atoms with Gasteiger partial charge >= 0.3 is 0 Å². The second-order valence-corrected chi connectivity index (χ2v) is 7.35. The summed E-state index contributed by atoms with van der Waals surface area (Å²) in [6.45, 7) is 4.67. The van der Waals surface area contributed by atoms with Gasteiger partial charge in [-0.05, 0) is 57.3 Å². The zero-order valence-corrected chi connectivity index (χ0v) is 11.9. The number of hydrogen-bond acceptors (Lipinski definition) is 2. The van der Waals surface area contributed by atoms with Gasteiger partial charge in [0.1, 0.15) is 0 Å². The maximum atomic E-state index is 4.88. The van der Waals surface area contributed by atoms with E-state index in [2.05, 4.69) is 19.2 Å². The Bertz CT molecular complexity index is 314. The zero-order valence-electron chi connectivity index (χ0n) is 11.0. The number of amidine groups is 1. The SMILES string of the molecule is CC1CCC2(CC1)CSC(=NC(C)C1CC1)N2. The van der Waals surface area contributed by atoms with Crippen molar-refractivity contribution in [2.75, 3.05) is 5.75 Å². The molecular weight excluding hydrogens is 228 g/mol. The molecule has 0 amide bonds. The molecule has 3 rings (SSSR count). The molecule has 1 heterocycles. The lowest BCUT2D eigenvalue weighted by atomic mass is 9.78. The van der Waals surface area contributed by atoms with Crippen LogP contribution in [-0.2, 0) is 0 Å². The van der Waals surface area contributed by atoms with Crippen molar-refractivity contribution in [1.82, 2.24) is 5.32 Å². The van der Waals surface area contributed by atoms with E-state index in [4.69, 9.17) is 4.99 Å². The molecule has 3 aliphatic rings. The van der Waals surface area contributed by atoms with Crippen molar-refractivity contribution < 1.29 is 0 Å². The van der Waals surface area contributed by atoms with Gasteiger partial charge in [0, 0.05) is 11.3 Å².